The molecule has 2 heteroatoms. The zero-order valence-electron chi connectivity index (χ0n) is 10.2. The van der Waals surface area contributed by atoms with Crippen LogP contribution in [-0.4, -0.2) is 6.54 Å². The van der Waals surface area contributed by atoms with Gasteiger partial charge in [-0.15, -0.1) is 0 Å². The van der Waals surface area contributed by atoms with E-state index in [0.29, 0.717) is 6.54 Å². The molecule has 1 N–H and O–H groups in total. The van der Waals surface area contributed by atoms with Gasteiger partial charge in [0.1, 0.15) is 0 Å². The fourth-order valence-electron chi connectivity index (χ4n) is 1.61. The molecular formula is C16H14BrN. The molecule has 1 nitrogen and oxygen atoms in total. The van der Waals surface area contributed by atoms with Crippen molar-refractivity contribution in [1.29, 1.82) is 0 Å². The van der Waals surface area contributed by atoms with Gasteiger partial charge < -0.3 is 5.32 Å². The summed E-state index contributed by atoms with van der Waals surface area (Å²) < 4.78 is 1.11. The molecule has 0 radical (unpaired) electrons. The summed E-state index contributed by atoms with van der Waals surface area (Å²) in [4.78, 5) is 0. The number of halogens is 1. The number of benzene rings is 2. The lowest BCUT2D eigenvalue weighted by molar-refractivity contribution is 1.32. The van der Waals surface area contributed by atoms with Crippen molar-refractivity contribution < 1.29 is 0 Å². The van der Waals surface area contributed by atoms with Gasteiger partial charge in [0, 0.05) is 15.7 Å². The minimum atomic E-state index is 0.645. The highest BCUT2D eigenvalue weighted by Gasteiger charge is 1.98. The van der Waals surface area contributed by atoms with Gasteiger partial charge in [-0.05, 0) is 36.8 Å². The second-order valence-corrected chi connectivity index (χ2v) is 4.79. The van der Waals surface area contributed by atoms with Crippen molar-refractivity contribution in [2.75, 3.05) is 11.9 Å². The molecular weight excluding hydrogens is 286 g/mol. The molecule has 0 saturated carbocycles. The molecule has 0 aromatic heterocycles. The monoisotopic (exact) mass is 299 g/mol. The van der Waals surface area contributed by atoms with Crippen LogP contribution < -0.4 is 5.32 Å². The summed E-state index contributed by atoms with van der Waals surface area (Å²) in [5.41, 5.74) is 3.37. The highest BCUT2D eigenvalue weighted by Crippen LogP contribution is 2.22. The third-order valence-corrected chi connectivity index (χ3v) is 3.50. The van der Waals surface area contributed by atoms with Gasteiger partial charge >= 0.3 is 0 Å². The largest absolute Gasteiger partial charge is 0.374 e. The maximum absolute atomic E-state index is 3.52. The standard InChI is InChI=1S/C16H14BrN/c1-13-15(17)10-5-11-16(13)18-12-6-9-14-7-3-2-4-8-14/h2-5,7-8,10-11,18H,12H2,1H3. The summed E-state index contributed by atoms with van der Waals surface area (Å²) >= 11 is 3.52. The number of rotatable bonds is 2. The molecule has 0 saturated heterocycles. The minimum Gasteiger partial charge on any atom is -0.374 e. The zero-order valence-corrected chi connectivity index (χ0v) is 11.8. The van der Waals surface area contributed by atoms with Crippen LogP contribution in [0.3, 0.4) is 0 Å². The van der Waals surface area contributed by atoms with Crippen molar-refractivity contribution >= 4 is 21.6 Å². The van der Waals surface area contributed by atoms with Crippen molar-refractivity contribution in [3.8, 4) is 11.8 Å². The second-order valence-electron chi connectivity index (χ2n) is 3.93. The van der Waals surface area contributed by atoms with Crippen LogP contribution in [0.5, 0.6) is 0 Å². The van der Waals surface area contributed by atoms with Gasteiger partial charge in [0.2, 0.25) is 0 Å². The van der Waals surface area contributed by atoms with Crippen LogP contribution in [0.15, 0.2) is 53.0 Å². The first-order valence-electron chi connectivity index (χ1n) is 5.80. The Morgan fingerprint density at radius 3 is 2.61 bits per heavy atom. The fraction of sp³-hybridized carbons (Fsp3) is 0.125. The summed E-state index contributed by atoms with van der Waals surface area (Å²) in [5, 5.41) is 3.32. The van der Waals surface area contributed by atoms with E-state index >= 15 is 0 Å². The highest BCUT2D eigenvalue weighted by molar-refractivity contribution is 9.10. The first-order valence-corrected chi connectivity index (χ1v) is 6.59. The smallest absolute Gasteiger partial charge is 0.0769 e. The number of hydrogen-bond acceptors (Lipinski definition) is 1. The van der Waals surface area contributed by atoms with E-state index in [1.54, 1.807) is 0 Å². The summed E-state index contributed by atoms with van der Waals surface area (Å²) in [6.45, 7) is 2.73. The zero-order chi connectivity index (χ0) is 12.8. The Hall–Kier alpha value is -1.72. The first kappa shape index (κ1) is 12.7. The molecule has 0 heterocycles. The molecule has 2 aromatic rings. The van der Waals surface area contributed by atoms with Gasteiger partial charge in [-0.3, -0.25) is 0 Å². The lowest BCUT2D eigenvalue weighted by Gasteiger charge is -2.07. The van der Waals surface area contributed by atoms with E-state index in [4.69, 9.17) is 0 Å². The molecule has 0 aliphatic rings. The average molecular weight is 300 g/mol. The molecule has 0 fully saturated rings. The van der Waals surface area contributed by atoms with Gasteiger partial charge in [-0.1, -0.05) is 52.0 Å². The van der Waals surface area contributed by atoms with Crippen LogP contribution in [0.4, 0.5) is 5.69 Å². The number of hydrogen-bond donors (Lipinski definition) is 1. The SMILES string of the molecule is Cc1c(Br)cccc1NCC#Cc1ccccc1. The number of nitrogens with one attached hydrogen (secondary N) is 1. The van der Waals surface area contributed by atoms with E-state index in [1.165, 1.54) is 5.56 Å². The molecule has 0 amide bonds. The lowest BCUT2D eigenvalue weighted by atomic mass is 10.2. The average Bonchev–Trinajstić information content (AvgIpc) is 2.40. The lowest BCUT2D eigenvalue weighted by Crippen LogP contribution is -2.00. The normalized spacial score (nSPS) is 9.44. The van der Waals surface area contributed by atoms with Crippen LogP contribution in [0.2, 0.25) is 0 Å². The molecule has 0 aliphatic carbocycles. The van der Waals surface area contributed by atoms with E-state index in [0.717, 1.165) is 15.7 Å². The molecule has 0 atom stereocenters. The van der Waals surface area contributed by atoms with E-state index in [9.17, 15) is 0 Å². The van der Waals surface area contributed by atoms with E-state index < -0.39 is 0 Å². The maximum Gasteiger partial charge on any atom is 0.0769 e. The molecule has 90 valence electrons. The van der Waals surface area contributed by atoms with Gasteiger partial charge in [-0.2, -0.15) is 0 Å². The molecule has 0 aliphatic heterocycles. The van der Waals surface area contributed by atoms with Crippen molar-refractivity contribution in [1.82, 2.24) is 0 Å². The summed E-state index contributed by atoms with van der Waals surface area (Å²) in [5.74, 6) is 6.25. The van der Waals surface area contributed by atoms with Crippen molar-refractivity contribution in [2.45, 2.75) is 6.92 Å². The molecule has 2 rings (SSSR count). The summed E-state index contributed by atoms with van der Waals surface area (Å²) in [7, 11) is 0. The fourth-order valence-corrected chi connectivity index (χ4v) is 1.97. The Balaban J connectivity index is 1.97. The third kappa shape index (κ3) is 3.38. The Morgan fingerprint density at radius 2 is 1.83 bits per heavy atom. The Bertz CT molecular complexity index is 579. The van der Waals surface area contributed by atoms with Gasteiger partial charge in [0.25, 0.3) is 0 Å². The third-order valence-electron chi connectivity index (χ3n) is 2.64. The van der Waals surface area contributed by atoms with Crippen LogP contribution in [-0.2, 0) is 0 Å². The predicted molar refractivity (Wildman–Crippen MR) is 80.7 cm³/mol. The maximum atomic E-state index is 3.52. The topological polar surface area (TPSA) is 12.0 Å². The van der Waals surface area contributed by atoms with Gasteiger partial charge in [0.15, 0.2) is 0 Å². The van der Waals surface area contributed by atoms with Gasteiger partial charge in [-0.25, -0.2) is 0 Å². The van der Waals surface area contributed by atoms with Gasteiger partial charge in [0.05, 0.1) is 6.54 Å². The highest BCUT2D eigenvalue weighted by atomic mass is 79.9. The van der Waals surface area contributed by atoms with E-state index in [2.05, 4.69) is 46.1 Å². The second kappa shape index (κ2) is 6.28. The number of anilines is 1. The quantitative estimate of drug-likeness (QED) is 0.819. The van der Waals surface area contributed by atoms with Crippen molar-refractivity contribution in [2.24, 2.45) is 0 Å². The first-order chi connectivity index (χ1) is 8.77. The van der Waals surface area contributed by atoms with Crippen LogP contribution >= 0.6 is 15.9 Å². The summed E-state index contributed by atoms with van der Waals surface area (Å²) in [6.07, 6.45) is 0. The van der Waals surface area contributed by atoms with Crippen molar-refractivity contribution in [3.05, 3.63) is 64.1 Å². The summed E-state index contributed by atoms with van der Waals surface area (Å²) in [6, 6.07) is 16.1. The Labute approximate surface area is 116 Å². The predicted octanol–water partition coefficient (Wildman–Crippen LogP) is 4.22. The Kier molecular flexibility index (Phi) is 4.44. The molecule has 18 heavy (non-hydrogen) atoms. The van der Waals surface area contributed by atoms with Crippen molar-refractivity contribution in [3.63, 3.8) is 0 Å². The Morgan fingerprint density at radius 1 is 1.06 bits per heavy atom. The van der Waals surface area contributed by atoms with Crippen LogP contribution in [0.25, 0.3) is 0 Å². The molecule has 0 unspecified atom stereocenters. The van der Waals surface area contributed by atoms with Crippen LogP contribution in [0, 0.1) is 18.8 Å². The molecule has 0 bridgehead atoms. The van der Waals surface area contributed by atoms with E-state index in [1.807, 2.05) is 42.5 Å². The molecule has 2 aromatic carbocycles. The minimum absolute atomic E-state index is 0.645. The van der Waals surface area contributed by atoms with E-state index in [-0.39, 0.29) is 0 Å². The van der Waals surface area contributed by atoms with Crippen LogP contribution in [0.1, 0.15) is 11.1 Å². The molecule has 0 spiro atoms.